The van der Waals surface area contributed by atoms with E-state index in [1.54, 1.807) is 6.20 Å². The topological polar surface area (TPSA) is 56.6 Å². The SMILES string of the molecule is Cn1ccnc1CN(C(=O)C1COc2ccccc2O1)C1CCC(c2ccccc2)CC1. The number of fused-ring (bicyclic) bond motifs is 1. The minimum absolute atomic E-state index is 0.0225. The summed E-state index contributed by atoms with van der Waals surface area (Å²) >= 11 is 0. The monoisotopic (exact) mass is 431 g/mol. The Morgan fingerprint density at radius 3 is 2.47 bits per heavy atom. The van der Waals surface area contributed by atoms with Crippen molar-refractivity contribution in [1.82, 2.24) is 14.5 Å². The predicted octanol–water partition coefficient (Wildman–Crippen LogP) is 4.32. The summed E-state index contributed by atoms with van der Waals surface area (Å²) in [5, 5.41) is 0. The third-order valence-corrected chi connectivity index (χ3v) is 6.71. The van der Waals surface area contributed by atoms with Crippen LogP contribution in [-0.4, -0.2) is 39.1 Å². The van der Waals surface area contributed by atoms with Crippen LogP contribution in [0.15, 0.2) is 67.0 Å². The lowest BCUT2D eigenvalue weighted by atomic mass is 9.81. The van der Waals surface area contributed by atoms with E-state index < -0.39 is 6.10 Å². The van der Waals surface area contributed by atoms with Crippen molar-refractivity contribution in [3.63, 3.8) is 0 Å². The molecule has 3 aromatic rings. The number of benzene rings is 2. The Morgan fingerprint density at radius 1 is 1.03 bits per heavy atom. The Balaban J connectivity index is 1.33. The molecule has 1 aromatic heterocycles. The van der Waals surface area contributed by atoms with Gasteiger partial charge >= 0.3 is 0 Å². The fourth-order valence-electron chi connectivity index (χ4n) is 4.86. The van der Waals surface area contributed by atoms with Crippen molar-refractivity contribution in [1.29, 1.82) is 0 Å². The highest BCUT2D eigenvalue weighted by Crippen LogP contribution is 2.36. The summed E-state index contributed by atoms with van der Waals surface area (Å²) in [6.45, 7) is 0.705. The largest absolute Gasteiger partial charge is 0.485 e. The van der Waals surface area contributed by atoms with E-state index >= 15 is 0 Å². The summed E-state index contributed by atoms with van der Waals surface area (Å²) in [7, 11) is 1.97. The fourth-order valence-corrected chi connectivity index (χ4v) is 4.86. The number of aryl methyl sites for hydroxylation is 1. The van der Waals surface area contributed by atoms with Crippen LogP contribution in [0, 0.1) is 0 Å². The van der Waals surface area contributed by atoms with Crippen molar-refractivity contribution in [2.45, 2.75) is 50.3 Å². The summed E-state index contributed by atoms with van der Waals surface area (Å²) in [6, 6.07) is 18.4. The molecule has 1 atom stereocenters. The zero-order valence-electron chi connectivity index (χ0n) is 18.4. The third kappa shape index (κ3) is 4.22. The molecule has 0 radical (unpaired) electrons. The van der Waals surface area contributed by atoms with Gasteiger partial charge in [0.25, 0.3) is 5.91 Å². The zero-order valence-corrected chi connectivity index (χ0v) is 18.4. The van der Waals surface area contributed by atoms with Crippen molar-refractivity contribution in [3.8, 4) is 11.5 Å². The van der Waals surface area contributed by atoms with E-state index in [1.807, 2.05) is 47.0 Å². The van der Waals surface area contributed by atoms with Crippen LogP contribution in [0.2, 0.25) is 0 Å². The highest BCUT2D eigenvalue weighted by Gasteiger charge is 2.36. The van der Waals surface area contributed by atoms with E-state index in [-0.39, 0.29) is 18.6 Å². The minimum Gasteiger partial charge on any atom is -0.485 e. The number of ether oxygens (including phenoxy) is 2. The van der Waals surface area contributed by atoms with E-state index in [2.05, 4.69) is 35.3 Å². The van der Waals surface area contributed by atoms with E-state index in [4.69, 9.17) is 9.47 Å². The standard InChI is InChI=1S/C26H29N3O3/c1-28-16-15-27-25(28)17-29(21-13-11-20(12-14-21)19-7-3-2-4-8-19)26(30)24-18-31-22-9-5-6-10-23(22)32-24/h2-10,15-16,20-21,24H,11-14,17-18H2,1H3. The maximum absolute atomic E-state index is 13.7. The molecule has 1 amide bonds. The zero-order chi connectivity index (χ0) is 21.9. The van der Waals surface area contributed by atoms with Crippen molar-refractivity contribution < 1.29 is 14.3 Å². The molecular formula is C26H29N3O3. The maximum atomic E-state index is 13.7. The summed E-state index contributed by atoms with van der Waals surface area (Å²) in [5.41, 5.74) is 1.40. The highest BCUT2D eigenvalue weighted by molar-refractivity contribution is 5.82. The first-order chi connectivity index (χ1) is 15.7. The molecule has 0 spiro atoms. The molecule has 2 heterocycles. The van der Waals surface area contributed by atoms with Crippen LogP contribution in [0.25, 0.3) is 0 Å². The number of hydrogen-bond donors (Lipinski definition) is 0. The lowest BCUT2D eigenvalue weighted by molar-refractivity contribution is -0.145. The smallest absolute Gasteiger partial charge is 0.267 e. The van der Waals surface area contributed by atoms with Gasteiger partial charge in [0.15, 0.2) is 11.5 Å². The number of nitrogens with zero attached hydrogens (tertiary/aromatic N) is 3. The Labute approximate surface area is 188 Å². The fraction of sp³-hybridized carbons (Fsp3) is 0.385. The number of rotatable bonds is 5. The van der Waals surface area contributed by atoms with Crippen molar-refractivity contribution in [2.75, 3.05) is 6.61 Å². The number of aromatic nitrogens is 2. The number of carbonyl (C=O) groups excluding carboxylic acids is 1. The van der Waals surface area contributed by atoms with Gasteiger partial charge in [-0.05, 0) is 49.3 Å². The lowest BCUT2D eigenvalue weighted by Crippen LogP contribution is -2.51. The summed E-state index contributed by atoms with van der Waals surface area (Å²) in [4.78, 5) is 20.1. The molecule has 0 N–H and O–H groups in total. The average molecular weight is 432 g/mol. The molecule has 6 heteroatoms. The van der Waals surface area contributed by atoms with Gasteiger partial charge in [-0.3, -0.25) is 4.79 Å². The highest BCUT2D eigenvalue weighted by atomic mass is 16.6. The van der Waals surface area contributed by atoms with E-state index in [1.165, 1.54) is 5.56 Å². The van der Waals surface area contributed by atoms with Gasteiger partial charge in [-0.15, -0.1) is 0 Å². The molecule has 1 saturated carbocycles. The van der Waals surface area contributed by atoms with Crippen LogP contribution in [-0.2, 0) is 18.4 Å². The minimum atomic E-state index is -0.642. The van der Waals surface area contributed by atoms with Gasteiger partial charge in [-0.1, -0.05) is 42.5 Å². The summed E-state index contributed by atoms with van der Waals surface area (Å²) in [5.74, 6) is 2.72. The van der Waals surface area contributed by atoms with Gasteiger partial charge in [-0.25, -0.2) is 4.98 Å². The summed E-state index contributed by atoms with van der Waals surface area (Å²) < 4.78 is 13.9. The van der Waals surface area contributed by atoms with Gasteiger partial charge in [0, 0.05) is 25.5 Å². The number of carbonyl (C=O) groups is 1. The molecule has 2 aliphatic rings. The molecule has 166 valence electrons. The van der Waals surface area contributed by atoms with Crippen LogP contribution < -0.4 is 9.47 Å². The van der Waals surface area contributed by atoms with Crippen molar-refractivity contribution in [2.24, 2.45) is 7.05 Å². The Kier molecular flexibility index (Phi) is 5.84. The van der Waals surface area contributed by atoms with Crippen LogP contribution in [0.3, 0.4) is 0 Å². The quantitative estimate of drug-likeness (QED) is 0.604. The molecule has 1 unspecified atom stereocenters. The molecule has 6 nitrogen and oxygen atoms in total. The number of imidazole rings is 1. The van der Waals surface area contributed by atoms with Gasteiger partial charge in [-0.2, -0.15) is 0 Å². The lowest BCUT2D eigenvalue weighted by Gasteiger charge is -2.39. The number of para-hydroxylation sites is 2. The number of hydrogen-bond acceptors (Lipinski definition) is 4. The molecular weight excluding hydrogens is 402 g/mol. The Hall–Kier alpha value is -3.28. The predicted molar refractivity (Wildman–Crippen MR) is 122 cm³/mol. The maximum Gasteiger partial charge on any atom is 0.267 e. The second kappa shape index (κ2) is 9.07. The van der Waals surface area contributed by atoms with Gasteiger partial charge in [0.1, 0.15) is 12.4 Å². The Bertz CT molecular complexity index is 1060. The van der Waals surface area contributed by atoms with Crippen molar-refractivity contribution >= 4 is 5.91 Å². The second-order valence-electron chi connectivity index (χ2n) is 8.70. The molecule has 32 heavy (non-hydrogen) atoms. The van der Waals surface area contributed by atoms with Crippen LogP contribution in [0.4, 0.5) is 0 Å². The van der Waals surface area contributed by atoms with E-state index in [0.717, 1.165) is 31.5 Å². The second-order valence-corrected chi connectivity index (χ2v) is 8.70. The third-order valence-electron chi connectivity index (χ3n) is 6.71. The first-order valence-electron chi connectivity index (χ1n) is 11.4. The average Bonchev–Trinajstić information content (AvgIpc) is 3.26. The normalized spacial score (nSPS) is 22.3. The Morgan fingerprint density at radius 2 is 1.75 bits per heavy atom. The van der Waals surface area contributed by atoms with Gasteiger partial charge in [0.2, 0.25) is 6.10 Å². The molecule has 1 aliphatic heterocycles. The summed E-state index contributed by atoms with van der Waals surface area (Å²) in [6.07, 6.45) is 7.15. The molecule has 2 aromatic carbocycles. The molecule has 0 saturated heterocycles. The van der Waals surface area contributed by atoms with Gasteiger partial charge in [0.05, 0.1) is 6.54 Å². The molecule has 1 aliphatic carbocycles. The van der Waals surface area contributed by atoms with Crippen LogP contribution in [0.1, 0.15) is 43.0 Å². The number of amides is 1. The molecule has 1 fully saturated rings. The van der Waals surface area contributed by atoms with E-state index in [9.17, 15) is 4.79 Å². The van der Waals surface area contributed by atoms with Crippen LogP contribution in [0.5, 0.6) is 11.5 Å². The molecule has 0 bridgehead atoms. The van der Waals surface area contributed by atoms with Crippen LogP contribution >= 0.6 is 0 Å². The first kappa shape index (κ1) is 20.6. The van der Waals surface area contributed by atoms with Crippen molar-refractivity contribution in [3.05, 3.63) is 78.4 Å². The molecule has 5 rings (SSSR count). The van der Waals surface area contributed by atoms with Gasteiger partial charge < -0.3 is 18.9 Å². The first-order valence-corrected chi connectivity index (χ1v) is 11.4. The van der Waals surface area contributed by atoms with E-state index in [0.29, 0.717) is 24.0 Å².